The Labute approximate surface area is 224 Å². The molecule has 0 fully saturated rings. The van der Waals surface area contributed by atoms with Gasteiger partial charge in [-0.2, -0.15) is 8.78 Å². The van der Waals surface area contributed by atoms with E-state index in [9.17, 15) is 18.7 Å². The third-order valence-corrected chi connectivity index (χ3v) is 6.31. The van der Waals surface area contributed by atoms with Crippen molar-refractivity contribution >= 4 is 23.2 Å². The molecule has 1 heterocycles. The van der Waals surface area contributed by atoms with Crippen molar-refractivity contribution in [2.75, 3.05) is 5.32 Å². The fourth-order valence-corrected chi connectivity index (χ4v) is 4.12. The molecule has 2 atom stereocenters. The summed E-state index contributed by atoms with van der Waals surface area (Å²) in [6.45, 7) is 2.91. The highest BCUT2D eigenvalue weighted by molar-refractivity contribution is 6.31. The molecule has 0 aliphatic rings. The molecule has 0 aliphatic heterocycles. The summed E-state index contributed by atoms with van der Waals surface area (Å²) >= 11 is 6.30. The predicted molar refractivity (Wildman–Crippen MR) is 142 cm³/mol. The number of benzene rings is 3. The largest absolute Gasteiger partial charge is 0.468 e. The first-order valence-electron chi connectivity index (χ1n) is 11.9. The average molecular weight is 538 g/mol. The van der Waals surface area contributed by atoms with E-state index in [1.165, 1.54) is 24.3 Å². The summed E-state index contributed by atoms with van der Waals surface area (Å²) in [7, 11) is 0. The summed E-state index contributed by atoms with van der Waals surface area (Å²) in [4.78, 5) is 21.3. The number of nitrogens with one attached hydrogen (secondary N) is 1. The molecule has 196 valence electrons. The minimum absolute atomic E-state index is 0.00433. The number of ether oxygens (including phenoxy) is 1. The molecule has 38 heavy (non-hydrogen) atoms. The number of rotatable bonds is 9. The van der Waals surface area contributed by atoms with Crippen LogP contribution in [0.1, 0.15) is 36.6 Å². The van der Waals surface area contributed by atoms with E-state index in [1.807, 2.05) is 25.1 Å². The second-order valence-corrected chi connectivity index (χ2v) is 9.20. The van der Waals surface area contributed by atoms with Crippen molar-refractivity contribution in [2.45, 2.75) is 38.4 Å². The van der Waals surface area contributed by atoms with Gasteiger partial charge in [0, 0.05) is 39.8 Å². The summed E-state index contributed by atoms with van der Waals surface area (Å²) < 4.78 is 34.0. The Morgan fingerprint density at radius 3 is 2.32 bits per heavy atom. The second-order valence-electron chi connectivity index (χ2n) is 8.79. The van der Waals surface area contributed by atoms with Gasteiger partial charge in [-0.25, -0.2) is 9.97 Å². The Kier molecular flexibility index (Phi) is 8.34. The summed E-state index contributed by atoms with van der Waals surface area (Å²) in [5.41, 5.74) is 2.94. The molecule has 4 rings (SSSR count). The summed E-state index contributed by atoms with van der Waals surface area (Å²) in [6, 6.07) is 19.8. The fraction of sp³-hybridized carbons (Fsp3) is 0.207. The maximum absolute atomic E-state index is 13.9. The molecular weight excluding hydrogens is 512 g/mol. The van der Waals surface area contributed by atoms with E-state index in [2.05, 4.69) is 15.3 Å². The molecule has 3 aromatic carbocycles. The van der Waals surface area contributed by atoms with Gasteiger partial charge in [0.1, 0.15) is 17.9 Å². The van der Waals surface area contributed by atoms with Crippen molar-refractivity contribution in [1.29, 1.82) is 0 Å². The number of hydrogen-bond donors (Lipinski definition) is 2. The molecule has 0 saturated carbocycles. The molecular formula is C29H26ClF2N3O3. The molecule has 9 heteroatoms. The number of nitrogens with zero attached hydrogens (tertiary/aromatic N) is 2. The SMILES string of the molecule is CC(Oc1nccnc1-c1ccc(NC(=O)Cc2ccc(C(F)(F)C(C)O)cc2)cc1)c1ccccc1Cl. The van der Waals surface area contributed by atoms with Gasteiger partial charge >= 0.3 is 0 Å². The maximum atomic E-state index is 13.9. The average Bonchev–Trinajstić information content (AvgIpc) is 2.90. The van der Waals surface area contributed by atoms with Crippen LogP contribution >= 0.6 is 11.6 Å². The van der Waals surface area contributed by atoms with E-state index in [0.717, 1.165) is 18.1 Å². The number of carbonyl (C=O) groups excluding carboxylic acids is 1. The van der Waals surface area contributed by atoms with Gasteiger partial charge in [0.05, 0.1) is 6.42 Å². The number of anilines is 1. The molecule has 4 aromatic rings. The third-order valence-electron chi connectivity index (χ3n) is 5.97. The van der Waals surface area contributed by atoms with Crippen LogP contribution in [0.2, 0.25) is 5.02 Å². The van der Waals surface area contributed by atoms with Crippen LogP contribution in [-0.4, -0.2) is 27.1 Å². The first-order chi connectivity index (χ1) is 18.1. The van der Waals surface area contributed by atoms with Gasteiger partial charge < -0.3 is 15.2 Å². The fourth-order valence-electron chi connectivity index (χ4n) is 3.83. The zero-order chi connectivity index (χ0) is 27.3. The number of carbonyl (C=O) groups is 1. The lowest BCUT2D eigenvalue weighted by molar-refractivity contribution is -0.115. The monoisotopic (exact) mass is 537 g/mol. The molecule has 1 aromatic heterocycles. The van der Waals surface area contributed by atoms with Crippen LogP contribution < -0.4 is 10.1 Å². The van der Waals surface area contributed by atoms with Crippen LogP contribution in [0, 0.1) is 0 Å². The normalized spacial score (nSPS) is 13.0. The topological polar surface area (TPSA) is 84.3 Å². The van der Waals surface area contributed by atoms with Crippen molar-refractivity contribution in [1.82, 2.24) is 9.97 Å². The van der Waals surface area contributed by atoms with Gasteiger partial charge in [0.15, 0.2) is 0 Å². The van der Waals surface area contributed by atoms with Crippen LogP contribution in [0.25, 0.3) is 11.3 Å². The maximum Gasteiger partial charge on any atom is 0.298 e. The minimum atomic E-state index is -3.36. The Morgan fingerprint density at radius 2 is 1.66 bits per heavy atom. The van der Waals surface area contributed by atoms with Crippen molar-refractivity contribution in [3.05, 3.63) is 107 Å². The van der Waals surface area contributed by atoms with Gasteiger partial charge in [-0.3, -0.25) is 4.79 Å². The zero-order valence-electron chi connectivity index (χ0n) is 20.7. The van der Waals surface area contributed by atoms with Crippen LogP contribution in [0.15, 0.2) is 85.2 Å². The minimum Gasteiger partial charge on any atom is -0.468 e. The van der Waals surface area contributed by atoms with Gasteiger partial charge in [-0.15, -0.1) is 0 Å². The van der Waals surface area contributed by atoms with E-state index in [4.69, 9.17) is 16.3 Å². The second kappa shape index (κ2) is 11.7. The van der Waals surface area contributed by atoms with E-state index in [1.54, 1.807) is 42.7 Å². The van der Waals surface area contributed by atoms with Crippen LogP contribution in [0.3, 0.4) is 0 Å². The molecule has 0 bridgehead atoms. The van der Waals surface area contributed by atoms with Gasteiger partial charge in [-0.05, 0) is 37.6 Å². The van der Waals surface area contributed by atoms with E-state index >= 15 is 0 Å². The Hall–Kier alpha value is -3.88. The lowest BCUT2D eigenvalue weighted by Crippen LogP contribution is -2.27. The molecule has 6 nitrogen and oxygen atoms in total. The van der Waals surface area contributed by atoms with Gasteiger partial charge in [0.25, 0.3) is 5.92 Å². The number of alkyl halides is 2. The number of aliphatic hydroxyl groups is 1. The molecule has 2 N–H and O–H groups in total. The van der Waals surface area contributed by atoms with E-state index in [0.29, 0.717) is 27.8 Å². The third kappa shape index (κ3) is 6.33. The Morgan fingerprint density at radius 1 is 1.00 bits per heavy atom. The smallest absolute Gasteiger partial charge is 0.298 e. The molecule has 2 unspecified atom stereocenters. The molecule has 1 amide bonds. The zero-order valence-corrected chi connectivity index (χ0v) is 21.5. The summed E-state index contributed by atoms with van der Waals surface area (Å²) in [5.74, 6) is -3.31. The number of hydrogen-bond acceptors (Lipinski definition) is 5. The number of aromatic nitrogens is 2. The van der Waals surface area contributed by atoms with Crippen molar-refractivity contribution in [2.24, 2.45) is 0 Å². The van der Waals surface area contributed by atoms with Gasteiger partial charge in [-0.1, -0.05) is 66.2 Å². The first kappa shape index (κ1) is 27.2. The van der Waals surface area contributed by atoms with Crippen molar-refractivity contribution < 1.29 is 23.4 Å². The van der Waals surface area contributed by atoms with E-state index in [-0.39, 0.29) is 24.0 Å². The molecule has 0 radical (unpaired) electrons. The quantitative estimate of drug-likeness (QED) is 0.251. The summed E-state index contributed by atoms with van der Waals surface area (Å²) in [5, 5.41) is 12.7. The molecule has 0 spiro atoms. The number of halogens is 3. The Balaban J connectivity index is 1.41. The highest BCUT2D eigenvalue weighted by atomic mass is 35.5. The van der Waals surface area contributed by atoms with Gasteiger partial charge in [0.2, 0.25) is 11.8 Å². The standard InChI is InChI=1S/C29H26ClF2N3O3/c1-18(24-5-3-4-6-25(24)30)38-28-27(33-15-16-34-28)21-9-13-23(14-10-21)35-26(37)17-20-7-11-22(12-8-20)29(31,32)19(2)36/h3-16,18-19,36H,17H2,1-2H3,(H,35,37). The van der Waals surface area contributed by atoms with Crippen LogP contribution in [-0.2, 0) is 17.1 Å². The van der Waals surface area contributed by atoms with Crippen LogP contribution in [0.4, 0.5) is 14.5 Å². The summed E-state index contributed by atoms with van der Waals surface area (Å²) in [6.07, 6.45) is 0.954. The van der Waals surface area contributed by atoms with Crippen LogP contribution in [0.5, 0.6) is 5.88 Å². The lowest BCUT2D eigenvalue weighted by Gasteiger charge is -2.19. The molecule has 0 aliphatic carbocycles. The van der Waals surface area contributed by atoms with Crippen molar-refractivity contribution in [3.63, 3.8) is 0 Å². The number of amides is 1. The van der Waals surface area contributed by atoms with Crippen molar-refractivity contribution in [3.8, 4) is 17.1 Å². The highest BCUT2D eigenvalue weighted by Crippen LogP contribution is 2.33. The first-order valence-corrected chi connectivity index (χ1v) is 12.3. The lowest BCUT2D eigenvalue weighted by atomic mass is 10.0. The highest BCUT2D eigenvalue weighted by Gasteiger charge is 2.37. The van der Waals surface area contributed by atoms with E-state index < -0.39 is 12.0 Å². The number of aliphatic hydroxyl groups excluding tert-OH is 1. The predicted octanol–water partition coefficient (Wildman–Crippen LogP) is 6.59. The molecule has 0 saturated heterocycles. The Bertz CT molecular complexity index is 1400.